The lowest BCUT2D eigenvalue weighted by Crippen LogP contribution is -2.00. The van der Waals surface area contributed by atoms with Crippen molar-refractivity contribution in [2.75, 3.05) is 5.32 Å². The molecule has 0 aliphatic carbocycles. The van der Waals surface area contributed by atoms with Crippen LogP contribution in [0, 0.1) is 5.82 Å². The summed E-state index contributed by atoms with van der Waals surface area (Å²) in [6.45, 7) is 0.645. The molecule has 15 heavy (non-hydrogen) atoms. The van der Waals surface area contributed by atoms with Crippen molar-refractivity contribution in [2.45, 2.75) is 6.54 Å². The summed E-state index contributed by atoms with van der Waals surface area (Å²) < 4.78 is 12.6. The molecule has 0 unspecified atom stereocenters. The second-order valence-electron chi connectivity index (χ2n) is 3.18. The topological polar surface area (TPSA) is 24.9 Å². The summed E-state index contributed by atoms with van der Waals surface area (Å²) in [5.74, 6) is -0.224. The van der Waals surface area contributed by atoms with Crippen molar-refractivity contribution < 1.29 is 4.39 Å². The van der Waals surface area contributed by atoms with E-state index in [0.29, 0.717) is 6.54 Å². The molecule has 0 spiro atoms. The lowest BCUT2D eigenvalue weighted by atomic mass is 10.3. The van der Waals surface area contributed by atoms with Crippen molar-refractivity contribution in [1.29, 1.82) is 0 Å². The van der Waals surface area contributed by atoms with Gasteiger partial charge in [-0.1, -0.05) is 6.07 Å². The fraction of sp³-hybridized carbons (Fsp3) is 0.0833. The summed E-state index contributed by atoms with van der Waals surface area (Å²) >= 11 is 0. The average molecular weight is 202 g/mol. The summed E-state index contributed by atoms with van der Waals surface area (Å²) in [7, 11) is 0. The molecule has 0 amide bonds. The molecule has 0 bridgehead atoms. The highest BCUT2D eigenvalue weighted by atomic mass is 19.1. The smallest absolute Gasteiger partial charge is 0.123 e. The SMILES string of the molecule is Fc1ccc(NCc2ccccn2)cc1. The van der Waals surface area contributed by atoms with E-state index in [2.05, 4.69) is 10.3 Å². The zero-order chi connectivity index (χ0) is 10.5. The lowest BCUT2D eigenvalue weighted by Gasteiger charge is -2.05. The maximum Gasteiger partial charge on any atom is 0.123 e. The molecule has 0 saturated heterocycles. The Morgan fingerprint density at radius 2 is 1.87 bits per heavy atom. The number of rotatable bonds is 3. The van der Waals surface area contributed by atoms with Crippen molar-refractivity contribution in [2.24, 2.45) is 0 Å². The van der Waals surface area contributed by atoms with Crippen molar-refractivity contribution in [3.8, 4) is 0 Å². The quantitative estimate of drug-likeness (QED) is 0.827. The van der Waals surface area contributed by atoms with E-state index in [0.717, 1.165) is 11.4 Å². The zero-order valence-corrected chi connectivity index (χ0v) is 8.15. The van der Waals surface area contributed by atoms with Gasteiger partial charge < -0.3 is 5.32 Å². The van der Waals surface area contributed by atoms with Crippen molar-refractivity contribution >= 4 is 5.69 Å². The Bertz CT molecular complexity index is 411. The van der Waals surface area contributed by atoms with E-state index in [-0.39, 0.29) is 5.82 Å². The van der Waals surface area contributed by atoms with Gasteiger partial charge in [-0.2, -0.15) is 0 Å². The van der Waals surface area contributed by atoms with E-state index in [1.807, 2.05) is 18.2 Å². The average Bonchev–Trinajstić information content (AvgIpc) is 2.30. The maximum absolute atomic E-state index is 12.6. The number of nitrogens with zero attached hydrogens (tertiary/aromatic N) is 1. The van der Waals surface area contributed by atoms with Gasteiger partial charge in [0, 0.05) is 11.9 Å². The molecule has 2 nitrogen and oxygen atoms in total. The molecule has 76 valence electrons. The van der Waals surface area contributed by atoms with Gasteiger partial charge in [0.05, 0.1) is 12.2 Å². The third-order valence-electron chi connectivity index (χ3n) is 2.04. The number of hydrogen-bond donors (Lipinski definition) is 1. The number of hydrogen-bond acceptors (Lipinski definition) is 2. The first kappa shape index (κ1) is 9.65. The van der Waals surface area contributed by atoms with Crippen LogP contribution in [-0.4, -0.2) is 4.98 Å². The Morgan fingerprint density at radius 3 is 2.53 bits per heavy atom. The lowest BCUT2D eigenvalue weighted by molar-refractivity contribution is 0.628. The largest absolute Gasteiger partial charge is 0.379 e. The van der Waals surface area contributed by atoms with Gasteiger partial charge in [-0.25, -0.2) is 4.39 Å². The summed E-state index contributed by atoms with van der Waals surface area (Å²) in [6, 6.07) is 12.0. The van der Waals surface area contributed by atoms with Gasteiger partial charge in [0.25, 0.3) is 0 Å². The standard InChI is InChI=1S/C12H11FN2/c13-10-4-6-11(7-5-10)15-9-12-3-1-2-8-14-12/h1-8,15H,9H2. The summed E-state index contributed by atoms with van der Waals surface area (Å²) in [4.78, 5) is 4.17. The van der Waals surface area contributed by atoms with E-state index >= 15 is 0 Å². The van der Waals surface area contributed by atoms with Crippen molar-refractivity contribution in [3.05, 3.63) is 60.2 Å². The van der Waals surface area contributed by atoms with E-state index in [1.165, 1.54) is 12.1 Å². The number of anilines is 1. The van der Waals surface area contributed by atoms with E-state index < -0.39 is 0 Å². The van der Waals surface area contributed by atoms with Crippen LogP contribution in [0.5, 0.6) is 0 Å². The number of halogens is 1. The molecule has 0 radical (unpaired) electrons. The van der Waals surface area contributed by atoms with Gasteiger partial charge in [-0.15, -0.1) is 0 Å². The Balaban J connectivity index is 1.96. The van der Waals surface area contributed by atoms with Crippen LogP contribution in [0.25, 0.3) is 0 Å². The molecule has 1 heterocycles. The molecule has 1 aromatic heterocycles. The minimum atomic E-state index is -0.224. The highest BCUT2D eigenvalue weighted by Crippen LogP contribution is 2.09. The fourth-order valence-electron chi connectivity index (χ4n) is 1.26. The molecule has 0 aliphatic heterocycles. The fourth-order valence-corrected chi connectivity index (χ4v) is 1.26. The first-order valence-electron chi connectivity index (χ1n) is 4.74. The molecule has 0 fully saturated rings. The highest BCUT2D eigenvalue weighted by Gasteiger charge is 1.94. The minimum absolute atomic E-state index is 0.224. The van der Waals surface area contributed by atoms with Crippen LogP contribution in [0.2, 0.25) is 0 Å². The van der Waals surface area contributed by atoms with Crippen LogP contribution in [0.3, 0.4) is 0 Å². The zero-order valence-electron chi connectivity index (χ0n) is 8.15. The van der Waals surface area contributed by atoms with Crippen LogP contribution in [0.1, 0.15) is 5.69 Å². The number of nitrogens with one attached hydrogen (secondary N) is 1. The van der Waals surface area contributed by atoms with Gasteiger partial charge >= 0.3 is 0 Å². The first-order valence-corrected chi connectivity index (χ1v) is 4.74. The monoisotopic (exact) mass is 202 g/mol. The van der Waals surface area contributed by atoms with E-state index in [1.54, 1.807) is 18.3 Å². The molecule has 0 atom stereocenters. The van der Waals surface area contributed by atoms with E-state index in [4.69, 9.17) is 0 Å². The van der Waals surface area contributed by atoms with Crippen molar-refractivity contribution in [1.82, 2.24) is 4.98 Å². The molecule has 0 aliphatic rings. The molecular formula is C12H11FN2. The van der Waals surface area contributed by atoms with Gasteiger partial charge in [0.15, 0.2) is 0 Å². The molecular weight excluding hydrogens is 191 g/mol. The molecule has 2 rings (SSSR count). The maximum atomic E-state index is 12.6. The van der Waals surface area contributed by atoms with Crippen LogP contribution in [0.4, 0.5) is 10.1 Å². The normalized spacial score (nSPS) is 9.93. The molecule has 3 heteroatoms. The number of pyridine rings is 1. The van der Waals surface area contributed by atoms with Crippen LogP contribution in [0.15, 0.2) is 48.7 Å². The second kappa shape index (κ2) is 4.55. The van der Waals surface area contributed by atoms with E-state index in [9.17, 15) is 4.39 Å². The third kappa shape index (κ3) is 2.77. The molecule has 2 aromatic rings. The summed E-state index contributed by atoms with van der Waals surface area (Å²) in [6.07, 6.45) is 1.75. The molecule has 1 aromatic carbocycles. The summed E-state index contributed by atoms with van der Waals surface area (Å²) in [5, 5.41) is 3.16. The predicted octanol–water partition coefficient (Wildman–Crippen LogP) is 2.83. The summed E-state index contributed by atoms with van der Waals surface area (Å²) in [5.41, 5.74) is 1.85. The van der Waals surface area contributed by atoms with Gasteiger partial charge in [0.1, 0.15) is 5.82 Å². The number of aromatic nitrogens is 1. The Labute approximate surface area is 87.8 Å². The Morgan fingerprint density at radius 1 is 1.07 bits per heavy atom. The molecule has 1 N–H and O–H groups in total. The van der Waals surface area contributed by atoms with Crippen molar-refractivity contribution in [3.63, 3.8) is 0 Å². The molecule has 0 saturated carbocycles. The highest BCUT2D eigenvalue weighted by molar-refractivity contribution is 5.42. The van der Waals surface area contributed by atoms with Crippen LogP contribution in [-0.2, 0) is 6.54 Å². The van der Waals surface area contributed by atoms with Gasteiger partial charge in [0.2, 0.25) is 0 Å². The second-order valence-corrected chi connectivity index (χ2v) is 3.18. The third-order valence-corrected chi connectivity index (χ3v) is 2.04. The first-order chi connectivity index (χ1) is 7.34. The Kier molecular flexibility index (Phi) is 2.93. The van der Waals surface area contributed by atoms with Crippen LogP contribution >= 0.6 is 0 Å². The Hall–Kier alpha value is -1.90. The number of benzene rings is 1. The van der Waals surface area contributed by atoms with Crippen LogP contribution < -0.4 is 5.32 Å². The van der Waals surface area contributed by atoms with Gasteiger partial charge in [-0.05, 0) is 36.4 Å². The predicted molar refractivity (Wildman–Crippen MR) is 58.0 cm³/mol. The van der Waals surface area contributed by atoms with Gasteiger partial charge in [-0.3, -0.25) is 4.98 Å². The minimum Gasteiger partial charge on any atom is -0.379 e.